The third-order valence-corrected chi connectivity index (χ3v) is 2.57. The molecule has 0 aliphatic rings. The predicted octanol–water partition coefficient (Wildman–Crippen LogP) is 0.722. The first-order chi connectivity index (χ1) is 8.06. The molecule has 0 spiro atoms. The fraction of sp³-hybridized carbons (Fsp3) is 0.300. The molecule has 2 aromatic rings. The number of aromatic nitrogens is 4. The van der Waals surface area contributed by atoms with Crippen LogP contribution in [0.5, 0.6) is 0 Å². The summed E-state index contributed by atoms with van der Waals surface area (Å²) >= 11 is 5.79. The summed E-state index contributed by atoms with van der Waals surface area (Å²) in [6.45, 7) is 0. The number of nitrogens with zero attached hydrogens (tertiary/aromatic N) is 4. The highest BCUT2D eigenvalue weighted by molar-refractivity contribution is 6.30. The highest BCUT2D eigenvalue weighted by Crippen LogP contribution is 2.25. The molecule has 0 aliphatic heterocycles. The molecule has 0 fully saturated rings. The number of tetrazole rings is 1. The van der Waals surface area contributed by atoms with Crippen molar-refractivity contribution in [3.63, 3.8) is 0 Å². The largest absolute Gasteiger partial charge is 0.398 e. The summed E-state index contributed by atoms with van der Waals surface area (Å²) in [5, 5.41) is 22.0. The van der Waals surface area contributed by atoms with Crippen LogP contribution in [0.1, 0.15) is 17.5 Å². The van der Waals surface area contributed by atoms with Gasteiger partial charge in [0.05, 0.1) is 13.2 Å². The van der Waals surface area contributed by atoms with Crippen molar-refractivity contribution in [1.82, 2.24) is 20.2 Å². The van der Waals surface area contributed by atoms with Crippen molar-refractivity contribution in [1.29, 1.82) is 0 Å². The van der Waals surface area contributed by atoms with Gasteiger partial charge in [-0.25, -0.2) is 0 Å². The lowest BCUT2D eigenvalue weighted by Gasteiger charge is -2.11. The summed E-state index contributed by atoms with van der Waals surface area (Å²) in [5.74, 6) is 0.467. The van der Waals surface area contributed by atoms with Gasteiger partial charge in [-0.2, -0.15) is 4.80 Å². The number of nitrogens with two attached hydrogens (primary N) is 1. The monoisotopic (exact) mass is 253 g/mol. The fourth-order valence-electron chi connectivity index (χ4n) is 1.54. The van der Waals surface area contributed by atoms with Gasteiger partial charge in [-0.05, 0) is 17.3 Å². The number of hydrogen-bond donors (Lipinski definition) is 2. The van der Waals surface area contributed by atoms with E-state index in [0.717, 1.165) is 0 Å². The molecule has 0 radical (unpaired) electrons. The van der Waals surface area contributed by atoms with Crippen LogP contribution >= 0.6 is 11.6 Å². The maximum Gasteiger partial charge on any atom is 0.177 e. The number of aryl methyl sites for hydroxylation is 1. The third-order valence-electron chi connectivity index (χ3n) is 2.33. The predicted molar refractivity (Wildman–Crippen MR) is 63.3 cm³/mol. The van der Waals surface area contributed by atoms with Gasteiger partial charge in [-0.1, -0.05) is 17.7 Å². The van der Waals surface area contributed by atoms with Gasteiger partial charge in [0.15, 0.2) is 5.82 Å². The second-order valence-corrected chi connectivity index (χ2v) is 4.12. The van der Waals surface area contributed by atoms with Crippen LogP contribution in [0.4, 0.5) is 5.69 Å². The smallest absolute Gasteiger partial charge is 0.177 e. The summed E-state index contributed by atoms with van der Waals surface area (Å²) in [6, 6.07) is 4.98. The fourth-order valence-corrected chi connectivity index (χ4v) is 1.72. The molecule has 1 atom stereocenters. The van der Waals surface area contributed by atoms with Crippen molar-refractivity contribution in [2.24, 2.45) is 7.05 Å². The Morgan fingerprint density at radius 1 is 1.53 bits per heavy atom. The summed E-state index contributed by atoms with van der Waals surface area (Å²) in [5.41, 5.74) is 6.84. The topological polar surface area (TPSA) is 89.8 Å². The Morgan fingerprint density at radius 2 is 2.29 bits per heavy atom. The molecule has 0 aliphatic carbocycles. The molecular weight excluding hydrogens is 242 g/mol. The highest BCUT2D eigenvalue weighted by atomic mass is 35.5. The lowest BCUT2D eigenvalue weighted by Crippen LogP contribution is -2.06. The van der Waals surface area contributed by atoms with E-state index in [9.17, 15) is 5.11 Å². The van der Waals surface area contributed by atoms with Crippen LogP contribution in [-0.2, 0) is 13.5 Å². The molecule has 0 bridgehead atoms. The molecule has 90 valence electrons. The SMILES string of the molecule is Cn1nnc(CC(O)c2ccc(Cl)cc2N)n1. The van der Waals surface area contributed by atoms with Gasteiger partial charge in [0.2, 0.25) is 0 Å². The number of hydrogen-bond acceptors (Lipinski definition) is 5. The minimum absolute atomic E-state index is 0.264. The molecule has 0 amide bonds. The molecule has 6 nitrogen and oxygen atoms in total. The van der Waals surface area contributed by atoms with E-state index in [1.54, 1.807) is 25.2 Å². The molecule has 7 heteroatoms. The Kier molecular flexibility index (Phi) is 3.26. The van der Waals surface area contributed by atoms with E-state index in [1.807, 2.05) is 0 Å². The van der Waals surface area contributed by atoms with E-state index < -0.39 is 6.10 Å². The van der Waals surface area contributed by atoms with E-state index >= 15 is 0 Å². The maximum absolute atomic E-state index is 10.0. The molecule has 0 saturated heterocycles. The van der Waals surface area contributed by atoms with Crippen LogP contribution in [0, 0.1) is 0 Å². The zero-order valence-electron chi connectivity index (χ0n) is 9.21. The normalized spacial score (nSPS) is 12.6. The average Bonchev–Trinajstić information content (AvgIpc) is 2.63. The van der Waals surface area contributed by atoms with Crippen molar-refractivity contribution in [2.45, 2.75) is 12.5 Å². The summed E-state index contributed by atoms with van der Waals surface area (Å²) in [4.78, 5) is 1.34. The van der Waals surface area contributed by atoms with Crippen molar-refractivity contribution >= 4 is 17.3 Å². The lowest BCUT2D eigenvalue weighted by atomic mass is 10.0. The number of benzene rings is 1. The minimum atomic E-state index is -0.767. The Balaban J connectivity index is 2.17. The molecule has 1 heterocycles. The van der Waals surface area contributed by atoms with Gasteiger partial charge in [-0.15, -0.1) is 10.2 Å². The van der Waals surface area contributed by atoms with Gasteiger partial charge in [0, 0.05) is 22.7 Å². The maximum atomic E-state index is 10.0. The van der Waals surface area contributed by atoms with E-state index in [0.29, 0.717) is 22.1 Å². The summed E-state index contributed by atoms with van der Waals surface area (Å²) in [6.07, 6.45) is -0.504. The van der Waals surface area contributed by atoms with Gasteiger partial charge < -0.3 is 10.8 Å². The van der Waals surface area contributed by atoms with Crippen molar-refractivity contribution in [2.75, 3.05) is 5.73 Å². The van der Waals surface area contributed by atoms with Crippen LogP contribution in [0.15, 0.2) is 18.2 Å². The number of halogens is 1. The van der Waals surface area contributed by atoms with Crippen LogP contribution in [0.25, 0.3) is 0 Å². The van der Waals surface area contributed by atoms with Gasteiger partial charge in [-0.3, -0.25) is 0 Å². The third kappa shape index (κ3) is 2.72. The average molecular weight is 254 g/mol. The Bertz CT molecular complexity index is 527. The molecule has 1 aromatic carbocycles. The molecule has 2 rings (SSSR count). The first-order valence-corrected chi connectivity index (χ1v) is 5.40. The molecule has 3 N–H and O–H groups in total. The number of aliphatic hydroxyl groups is 1. The highest BCUT2D eigenvalue weighted by Gasteiger charge is 2.14. The van der Waals surface area contributed by atoms with Crippen LogP contribution in [0.2, 0.25) is 5.02 Å². The Labute approximate surface area is 103 Å². The first kappa shape index (κ1) is 11.8. The molecule has 1 aromatic heterocycles. The first-order valence-electron chi connectivity index (χ1n) is 5.02. The van der Waals surface area contributed by atoms with Crippen LogP contribution in [0.3, 0.4) is 0 Å². The zero-order valence-corrected chi connectivity index (χ0v) is 9.96. The van der Waals surface area contributed by atoms with Crippen LogP contribution in [-0.4, -0.2) is 25.3 Å². The lowest BCUT2D eigenvalue weighted by molar-refractivity contribution is 0.176. The molecular formula is C10H12ClN5O. The number of rotatable bonds is 3. The van der Waals surface area contributed by atoms with E-state index in [2.05, 4.69) is 15.4 Å². The quantitative estimate of drug-likeness (QED) is 0.787. The van der Waals surface area contributed by atoms with Gasteiger partial charge >= 0.3 is 0 Å². The number of aliphatic hydroxyl groups excluding tert-OH is 1. The standard InChI is InChI=1S/C10H12ClN5O/c1-16-14-10(13-15-16)5-9(17)7-3-2-6(11)4-8(7)12/h2-4,9,17H,5,12H2,1H3. The second-order valence-electron chi connectivity index (χ2n) is 3.69. The Morgan fingerprint density at radius 3 is 2.88 bits per heavy atom. The van der Waals surface area contributed by atoms with E-state index in [-0.39, 0.29) is 6.42 Å². The van der Waals surface area contributed by atoms with Gasteiger partial charge in [0.1, 0.15) is 0 Å². The van der Waals surface area contributed by atoms with Crippen LogP contribution < -0.4 is 5.73 Å². The van der Waals surface area contributed by atoms with Crippen molar-refractivity contribution in [3.05, 3.63) is 34.6 Å². The zero-order chi connectivity index (χ0) is 12.4. The minimum Gasteiger partial charge on any atom is -0.398 e. The van der Waals surface area contributed by atoms with Gasteiger partial charge in [0.25, 0.3) is 0 Å². The van der Waals surface area contributed by atoms with E-state index in [1.165, 1.54) is 4.80 Å². The molecule has 17 heavy (non-hydrogen) atoms. The summed E-state index contributed by atoms with van der Waals surface area (Å²) in [7, 11) is 1.67. The molecule has 1 unspecified atom stereocenters. The van der Waals surface area contributed by atoms with E-state index in [4.69, 9.17) is 17.3 Å². The molecule has 0 saturated carbocycles. The number of anilines is 1. The van der Waals surface area contributed by atoms with Crippen molar-refractivity contribution in [3.8, 4) is 0 Å². The number of nitrogen functional groups attached to an aromatic ring is 1. The summed E-state index contributed by atoms with van der Waals surface area (Å²) < 4.78 is 0. The Hall–Kier alpha value is -1.66. The van der Waals surface area contributed by atoms with Crippen molar-refractivity contribution < 1.29 is 5.11 Å². The second kappa shape index (κ2) is 4.68.